The number of benzene rings is 4. The Balaban J connectivity index is 1.46. The van der Waals surface area contributed by atoms with Gasteiger partial charge in [0.25, 0.3) is 27.2 Å². The Kier molecular flexibility index (Phi) is 7.90. The number of aryl methyl sites for hydroxylation is 1. The van der Waals surface area contributed by atoms with Crippen LogP contribution in [0, 0.1) is 17.0 Å². The summed E-state index contributed by atoms with van der Waals surface area (Å²) in [5.41, 5.74) is 0.0860. The molecule has 1 N–H and O–H groups in total. The second-order valence-corrected chi connectivity index (χ2v) is 12.5. The van der Waals surface area contributed by atoms with Crippen molar-refractivity contribution in [3.63, 3.8) is 0 Å². The lowest BCUT2D eigenvalue weighted by Gasteiger charge is -2.22. The fourth-order valence-electron chi connectivity index (χ4n) is 4.80. The van der Waals surface area contributed by atoms with Crippen LogP contribution in [0.15, 0.2) is 111 Å². The molecule has 0 spiro atoms. The number of nitro groups is 1. The lowest BCUT2D eigenvalue weighted by molar-refractivity contribution is -0.384. The Morgan fingerprint density at radius 2 is 1.54 bits per heavy atom. The van der Waals surface area contributed by atoms with Crippen molar-refractivity contribution in [1.82, 2.24) is 9.66 Å². The zero-order valence-corrected chi connectivity index (χ0v) is 25.9. The predicted molar refractivity (Wildman–Crippen MR) is 175 cm³/mol. The van der Waals surface area contributed by atoms with Crippen LogP contribution in [0.25, 0.3) is 17.0 Å². The summed E-state index contributed by atoms with van der Waals surface area (Å²) in [5, 5.41) is 11.5. The van der Waals surface area contributed by atoms with Crippen molar-refractivity contribution >= 4 is 73.3 Å². The third-order valence-corrected chi connectivity index (χ3v) is 8.88. The second-order valence-electron chi connectivity index (χ2n) is 9.96. The van der Waals surface area contributed by atoms with E-state index in [9.17, 15) is 28.1 Å². The molecule has 1 aliphatic rings. The molecule has 1 aromatic heterocycles. The fraction of sp³-hybridized carbons (Fsp3) is 0.0323. The molecule has 1 aliphatic heterocycles. The summed E-state index contributed by atoms with van der Waals surface area (Å²) in [6.45, 7) is 1.54. The number of anilines is 1. The average molecular weight is 676 g/mol. The summed E-state index contributed by atoms with van der Waals surface area (Å²) in [5.74, 6) is -0.275. The molecule has 4 aromatic carbocycles. The third kappa shape index (κ3) is 5.62. The highest BCUT2D eigenvalue weighted by Crippen LogP contribution is 2.36. The molecule has 0 radical (unpaired) electrons. The van der Waals surface area contributed by atoms with Gasteiger partial charge in [0.1, 0.15) is 11.5 Å². The number of fused-ring (bicyclic) bond motifs is 1. The van der Waals surface area contributed by atoms with Gasteiger partial charge >= 0.3 is 0 Å². The van der Waals surface area contributed by atoms with Gasteiger partial charge in [-0.05, 0) is 36.8 Å². The van der Waals surface area contributed by atoms with Gasteiger partial charge in [-0.15, -0.1) is 0 Å². The number of non-ortho nitro benzene ring substituents is 1. The maximum absolute atomic E-state index is 14.1. The standard InChI is InChI=1S/C31H20Cl2N6O6S/c1-18-34-26-13-12-22(46(44,45)36-28-24(32)15-21(39(42)43)16-25(28)33)17-23(26)30(40)37(18)38-29(20-10-6-3-7-11-20)35-27(31(38)41)14-19-8-4-2-5-9-19/h2-17,36H,1H3/b27-14-. The molecule has 6 rings (SSSR count). The minimum atomic E-state index is -4.43. The van der Waals surface area contributed by atoms with Crippen LogP contribution in [0.1, 0.15) is 17.0 Å². The van der Waals surface area contributed by atoms with Crippen LogP contribution in [0.5, 0.6) is 0 Å². The molecule has 1 amide bonds. The predicted octanol–water partition coefficient (Wildman–Crippen LogP) is 5.69. The number of carbonyl (C=O) groups is 1. The van der Waals surface area contributed by atoms with Gasteiger partial charge in [-0.3, -0.25) is 24.4 Å². The Labute approximate surface area is 271 Å². The zero-order chi connectivity index (χ0) is 32.7. The Morgan fingerprint density at radius 1 is 0.913 bits per heavy atom. The zero-order valence-electron chi connectivity index (χ0n) is 23.6. The highest BCUT2D eigenvalue weighted by molar-refractivity contribution is 7.92. The molecule has 5 aromatic rings. The summed E-state index contributed by atoms with van der Waals surface area (Å²) in [7, 11) is -4.43. The van der Waals surface area contributed by atoms with Crippen molar-refractivity contribution in [1.29, 1.82) is 0 Å². The topological polar surface area (TPSA) is 157 Å². The van der Waals surface area contributed by atoms with Gasteiger partial charge in [0.05, 0.1) is 36.5 Å². The van der Waals surface area contributed by atoms with E-state index < -0.39 is 32.1 Å². The van der Waals surface area contributed by atoms with Gasteiger partial charge < -0.3 is 0 Å². The van der Waals surface area contributed by atoms with Crippen molar-refractivity contribution in [3.8, 4) is 0 Å². The molecular formula is C31H20Cl2N6O6S. The number of carbonyl (C=O) groups excluding carboxylic acids is 1. The van der Waals surface area contributed by atoms with Gasteiger partial charge in [0.15, 0.2) is 5.84 Å². The summed E-state index contributed by atoms with van der Waals surface area (Å²) in [4.78, 5) is 47.1. The highest BCUT2D eigenvalue weighted by Gasteiger charge is 2.35. The van der Waals surface area contributed by atoms with Gasteiger partial charge in [-0.25, -0.2) is 18.4 Å². The van der Waals surface area contributed by atoms with Crippen LogP contribution in [-0.2, 0) is 14.8 Å². The summed E-state index contributed by atoms with van der Waals surface area (Å²) in [6.07, 6.45) is 1.60. The number of nitrogens with one attached hydrogen (secondary N) is 1. The van der Waals surface area contributed by atoms with Crippen molar-refractivity contribution in [2.24, 2.45) is 4.99 Å². The minimum Gasteiger partial charge on any atom is -0.277 e. The van der Waals surface area contributed by atoms with E-state index in [1.807, 2.05) is 30.3 Å². The van der Waals surface area contributed by atoms with E-state index in [0.29, 0.717) is 5.56 Å². The van der Waals surface area contributed by atoms with Crippen LogP contribution in [0.4, 0.5) is 11.4 Å². The maximum atomic E-state index is 14.1. The quantitative estimate of drug-likeness (QED) is 0.132. The average Bonchev–Trinajstić information content (AvgIpc) is 3.34. The molecule has 0 aliphatic carbocycles. The summed E-state index contributed by atoms with van der Waals surface area (Å²) in [6, 6.07) is 23.5. The van der Waals surface area contributed by atoms with Crippen LogP contribution in [0.3, 0.4) is 0 Å². The molecule has 12 nitrogen and oxygen atoms in total. The lowest BCUT2D eigenvalue weighted by atomic mass is 10.2. The molecule has 2 heterocycles. The molecule has 230 valence electrons. The number of aliphatic imine (C=N–C) groups is 1. The number of amidine groups is 1. The molecule has 0 bridgehead atoms. The largest absolute Gasteiger partial charge is 0.297 e. The number of amides is 1. The second kappa shape index (κ2) is 11.9. The molecule has 0 saturated heterocycles. The molecule has 0 unspecified atom stereocenters. The number of halogens is 2. The molecular weight excluding hydrogens is 655 g/mol. The number of hydrogen-bond acceptors (Lipinski definition) is 8. The minimum absolute atomic E-state index is 0.0776. The monoisotopic (exact) mass is 674 g/mol. The number of nitro benzene ring substituents is 1. The first-order valence-electron chi connectivity index (χ1n) is 13.4. The van der Waals surface area contributed by atoms with Crippen LogP contribution in [0.2, 0.25) is 10.0 Å². The Bertz CT molecular complexity index is 2290. The third-order valence-electron chi connectivity index (χ3n) is 6.94. The van der Waals surface area contributed by atoms with E-state index in [-0.39, 0.29) is 48.9 Å². The first-order valence-corrected chi connectivity index (χ1v) is 15.6. The van der Waals surface area contributed by atoms with Crippen molar-refractivity contribution in [3.05, 3.63) is 144 Å². The first kappa shape index (κ1) is 30.6. The number of rotatable bonds is 7. The molecule has 0 saturated carbocycles. The van der Waals surface area contributed by atoms with Gasteiger partial charge in [-0.2, -0.15) is 9.69 Å². The molecule has 46 heavy (non-hydrogen) atoms. The number of sulfonamides is 1. The van der Waals surface area contributed by atoms with Gasteiger partial charge in [0.2, 0.25) is 0 Å². The van der Waals surface area contributed by atoms with E-state index >= 15 is 0 Å². The number of hydrogen-bond donors (Lipinski definition) is 1. The van der Waals surface area contributed by atoms with Crippen LogP contribution >= 0.6 is 23.2 Å². The molecule has 0 fully saturated rings. The van der Waals surface area contributed by atoms with Gasteiger partial charge in [0, 0.05) is 17.7 Å². The summed E-state index contributed by atoms with van der Waals surface area (Å²) >= 11 is 12.2. The fourth-order valence-corrected chi connectivity index (χ4v) is 6.61. The number of nitrogens with zero attached hydrogens (tertiary/aromatic N) is 5. The maximum Gasteiger partial charge on any atom is 0.297 e. The smallest absolute Gasteiger partial charge is 0.277 e. The Morgan fingerprint density at radius 3 is 2.17 bits per heavy atom. The molecule has 15 heteroatoms. The van der Waals surface area contributed by atoms with Gasteiger partial charge in [-0.1, -0.05) is 83.9 Å². The van der Waals surface area contributed by atoms with Crippen molar-refractivity contribution in [2.45, 2.75) is 11.8 Å². The SMILES string of the molecule is Cc1nc2ccc(S(=O)(=O)Nc3c(Cl)cc([N+](=O)[O-])cc3Cl)cc2c(=O)n1N1C(=O)/C(=C/c2ccccc2)N=C1c1ccccc1. The van der Waals surface area contributed by atoms with Crippen LogP contribution in [-0.4, -0.2) is 34.7 Å². The van der Waals surface area contributed by atoms with E-state index in [4.69, 9.17) is 23.2 Å². The van der Waals surface area contributed by atoms with E-state index in [1.165, 1.54) is 12.1 Å². The first-order chi connectivity index (χ1) is 21.9. The lowest BCUT2D eigenvalue weighted by Crippen LogP contribution is -2.49. The Hall–Kier alpha value is -5.37. The van der Waals surface area contributed by atoms with Crippen molar-refractivity contribution in [2.75, 3.05) is 9.73 Å². The van der Waals surface area contributed by atoms with E-state index in [0.717, 1.165) is 33.4 Å². The molecule has 0 atom stereocenters. The van der Waals surface area contributed by atoms with E-state index in [1.54, 1.807) is 43.3 Å². The van der Waals surface area contributed by atoms with E-state index in [2.05, 4.69) is 14.7 Å². The number of aromatic nitrogens is 2. The highest BCUT2D eigenvalue weighted by atomic mass is 35.5. The van der Waals surface area contributed by atoms with Crippen molar-refractivity contribution < 1.29 is 18.1 Å². The van der Waals surface area contributed by atoms with Crippen LogP contribution < -0.4 is 15.3 Å². The summed E-state index contributed by atoms with van der Waals surface area (Å²) < 4.78 is 30.1. The normalized spacial score (nSPS) is 14.2.